The van der Waals surface area contributed by atoms with Crippen molar-refractivity contribution in [3.63, 3.8) is 0 Å². The van der Waals surface area contributed by atoms with Gasteiger partial charge < -0.3 is 10.2 Å². The van der Waals surface area contributed by atoms with Crippen molar-refractivity contribution in [1.29, 1.82) is 0 Å². The molecule has 0 bridgehead atoms. The van der Waals surface area contributed by atoms with Crippen LogP contribution in [-0.2, 0) is 4.79 Å². The number of hydrogen-bond acceptors (Lipinski definition) is 7. The summed E-state index contributed by atoms with van der Waals surface area (Å²) in [6, 6.07) is 4.25. The summed E-state index contributed by atoms with van der Waals surface area (Å²) in [6.07, 6.45) is 8.74. The molecule has 0 atom stereocenters. The van der Waals surface area contributed by atoms with Gasteiger partial charge in [0.05, 0.1) is 5.69 Å². The molecule has 1 aliphatic rings. The Morgan fingerprint density at radius 2 is 1.90 bits per heavy atom. The summed E-state index contributed by atoms with van der Waals surface area (Å²) < 4.78 is 0. The van der Waals surface area contributed by atoms with Gasteiger partial charge in [0.25, 0.3) is 0 Å². The summed E-state index contributed by atoms with van der Waals surface area (Å²) in [7, 11) is 0. The number of pyridine rings is 1. The minimum absolute atomic E-state index is 0.101. The molecule has 0 saturated carbocycles. The van der Waals surface area contributed by atoms with Crippen LogP contribution in [0.2, 0.25) is 0 Å². The van der Waals surface area contributed by atoms with E-state index in [1.165, 1.54) is 6.33 Å². The van der Waals surface area contributed by atoms with E-state index in [0.717, 1.165) is 65.5 Å². The normalized spacial score (nSPS) is 15.2. The van der Waals surface area contributed by atoms with Crippen LogP contribution in [0.4, 0.5) is 5.13 Å². The van der Waals surface area contributed by atoms with Crippen molar-refractivity contribution in [2.75, 3.05) is 18.0 Å². The van der Waals surface area contributed by atoms with Gasteiger partial charge in [-0.05, 0) is 37.8 Å². The van der Waals surface area contributed by atoms with Crippen LogP contribution in [-0.4, -0.2) is 45.0 Å². The molecule has 7 nitrogen and oxygen atoms in total. The molecule has 29 heavy (non-hydrogen) atoms. The van der Waals surface area contributed by atoms with E-state index in [2.05, 4.69) is 34.0 Å². The molecule has 0 aromatic carbocycles. The first-order valence-corrected chi connectivity index (χ1v) is 11.1. The van der Waals surface area contributed by atoms with Gasteiger partial charge in [-0.2, -0.15) is 0 Å². The molecule has 0 unspecified atom stereocenters. The Bertz CT molecular complexity index is 964. The van der Waals surface area contributed by atoms with Gasteiger partial charge in [-0.1, -0.05) is 25.2 Å². The average molecular weight is 411 g/mol. The molecule has 3 aromatic rings. The Balaban J connectivity index is 1.43. The molecule has 3 aromatic heterocycles. The molecule has 8 heteroatoms. The number of nitrogens with zero attached hydrogens (tertiary/aromatic N) is 5. The molecule has 1 aliphatic heterocycles. The second-order valence-corrected chi connectivity index (χ2v) is 8.38. The number of rotatable bonds is 6. The van der Waals surface area contributed by atoms with Crippen molar-refractivity contribution in [2.45, 2.75) is 45.6 Å². The molecule has 1 amide bonds. The topological polar surface area (TPSA) is 83.9 Å². The summed E-state index contributed by atoms with van der Waals surface area (Å²) in [4.78, 5) is 33.3. The molecule has 0 radical (unpaired) electrons. The van der Waals surface area contributed by atoms with Crippen molar-refractivity contribution >= 4 is 32.7 Å². The van der Waals surface area contributed by atoms with Crippen molar-refractivity contribution in [3.05, 3.63) is 30.9 Å². The fourth-order valence-electron chi connectivity index (χ4n) is 3.68. The van der Waals surface area contributed by atoms with Crippen molar-refractivity contribution in [1.82, 2.24) is 25.3 Å². The second kappa shape index (κ2) is 8.82. The Kier molecular flexibility index (Phi) is 5.99. The summed E-state index contributed by atoms with van der Waals surface area (Å²) in [5, 5.41) is 4.17. The van der Waals surface area contributed by atoms with E-state index in [9.17, 15) is 4.79 Å². The minimum Gasteiger partial charge on any atom is -0.353 e. The van der Waals surface area contributed by atoms with Crippen molar-refractivity contribution in [3.8, 4) is 11.3 Å². The molecule has 4 heterocycles. The van der Waals surface area contributed by atoms with E-state index in [0.29, 0.717) is 6.04 Å². The zero-order valence-electron chi connectivity index (χ0n) is 16.8. The van der Waals surface area contributed by atoms with Gasteiger partial charge in [0.1, 0.15) is 16.7 Å². The SMILES string of the molecule is CCC(CC)NC(=O)C1CCN(c2nc3ccc(-c4cncnc4)nc3s2)CC1. The zero-order valence-corrected chi connectivity index (χ0v) is 17.7. The molecule has 0 spiro atoms. The van der Waals surface area contributed by atoms with E-state index in [1.807, 2.05) is 12.1 Å². The lowest BCUT2D eigenvalue weighted by Gasteiger charge is -2.31. The quantitative estimate of drug-likeness (QED) is 0.667. The molecule has 4 rings (SSSR count). The molecular formula is C21H26N6OS. The predicted octanol–water partition coefficient (Wildman–Crippen LogP) is 3.67. The molecular weight excluding hydrogens is 384 g/mol. The summed E-state index contributed by atoms with van der Waals surface area (Å²) in [5.41, 5.74) is 2.65. The zero-order chi connectivity index (χ0) is 20.2. The summed E-state index contributed by atoms with van der Waals surface area (Å²) in [6.45, 7) is 5.93. The lowest BCUT2D eigenvalue weighted by Crippen LogP contribution is -2.43. The minimum atomic E-state index is 0.101. The van der Waals surface area contributed by atoms with Crippen LogP contribution >= 0.6 is 11.3 Å². The maximum Gasteiger partial charge on any atom is 0.223 e. The number of carbonyl (C=O) groups excluding carboxylic acids is 1. The highest BCUT2D eigenvalue weighted by Gasteiger charge is 2.27. The third-order valence-electron chi connectivity index (χ3n) is 5.57. The van der Waals surface area contributed by atoms with Crippen LogP contribution in [0.5, 0.6) is 0 Å². The Morgan fingerprint density at radius 3 is 2.59 bits per heavy atom. The largest absolute Gasteiger partial charge is 0.353 e. The van der Waals surface area contributed by atoms with Crippen molar-refractivity contribution < 1.29 is 4.79 Å². The van der Waals surface area contributed by atoms with Crippen LogP contribution in [0.15, 0.2) is 30.9 Å². The van der Waals surface area contributed by atoms with E-state index in [-0.39, 0.29) is 11.8 Å². The predicted molar refractivity (Wildman–Crippen MR) is 116 cm³/mol. The number of aromatic nitrogens is 4. The Hall–Kier alpha value is -2.61. The number of nitrogens with one attached hydrogen (secondary N) is 1. The number of fused-ring (bicyclic) bond motifs is 1. The van der Waals surface area contributed by atoms with Crippen molar-refractivity contribution in [2.24, 2.45) is 5.92 Å². The first kappa shape index (κ1) is 19.7. The maximum atomic E-state index is 12.5. The molecule has 0 aliphatic carbocycles. The lowest BCUT2D eigenvalue weighted by atomic mass is 9.95. The summed E-state index contributed by atoms with van der Waals surface area (Å²) >= 11 is 1.60. The van der Waals surface area contributed by atoms with E-state index in [4.69, 9.17) is 9.97 Å². The first-order valence-electron chi connectivity index (χ1n) is 10.3. The molecule has 1 fully saturated rings. The van der Waals surface area contributed by atoms with Gasteiger partial charge in [0.2, 0.25) is 5.91 Å². The van der Waals surface area contributed by atoms with Crippen LogP contribution in [0, 0.1) is 5.92 Å². The fourth-order valence-corrected chi connectivity index (χ4v) is 4.67. The Morgan fingerprint density at radius 1 is 1.17 bits per heavy atom. The fraction of sp³-hybridized carbons (Fsp3) is 0.476. The number of amides is 1. The van der Waals surface area contributed by atoms with E-state index in [1.54, 1.807) is 23.7 Å². The number of anilines is 1. The van der Waals surface area contributed by atoms with Gasteiger partial charge in [0.15, 0.2) is 5.13 Å². The van der Waals surface area contributed by atoms with Crippen LogP contribution in [0.3, 0.4) is 0 Å². The molecule has 152 valence electrons. The van der Waals surface area contributed by atoms with Gasteiger partial charge >= 0.3 is 0 Å². The second-order valence-electron chi connectivity index (χ2n) is 7.43. The van der Waals surface area contributed by atoms with Crippen LogP contribution in [0.25, 0.3) is 21.6 Å². The third-order valence-corrected chi connectivity index (χ3v) is 6.59. The highest BCUT2D eigenvalue weighted by Crippen LogP contribution is 2.32. The number of hydrogen-bond donors (Lipinski definition) is 1. The molecule has 1 saturated heterocycles. The maximum absolute atomic E-state index is 12.5. The number of carbonyl (C=O) groups is 1. The van der Waals surface area contributed by atoms with Gasteiger partial charge in [-0.3, -0.25) is 4.79 Å². The number of piperidine rings is 1. The monoisotopic (exact) mass is 410 g/mol. The Labute approximate surface area is 174 Å². The molecule has 1 N–H and O–H groups in total. The highest BCUT2D eigenvalue weighted by atomic mass is 32.1. The standard InChI is InChI=1S/C21H26N6OS/c1-3-16(4-2)24-19(28)14-7-9-27(10-8-14)21-26-18-6-5-17(25-20(18)29-21)15-11-22-13-23-12-15/h5-6,11-14,16H,3-4,7-10H2,1-2H3,(H,24,28). The van der Waals surface area contributed by atoms with E-state index >= 15 is 0 Å². The number of thiazole rings is 1. The van der Waals surface area contributed by atoms with Gasteiger partial charge in [-0.15, -0.1) is 0 Å². The third kappa shape index (κ3) is 4.37. The van der Waals surface area contributed by atoms with Crippen LogP contribution < -0.4 is 10.2 Å². The summed E-state index contributed by atoms with van der Waals surface area (Å²) in [5.74, 6) is 0.308. The average Bonchev–Trinajstić information content (AvgIpc) is 3.21. The van der Waals surface area contributed by atoms with Gasteiger partial charge in [0, 0.05) is 43.0 Å². The first-order chi connectivity index (χ1) is 14.2. The lowest BCUT2D eigenvalue weighted by molar-refractivity contribution is -0.126. The van der Waals surface area contributed by atoms with Crippen LogP contribution in [0.1, 0.15) is 39.5 Å². The van der Waals surface area contributed by atoms with E-state index < -0.39 is 0 Å². The van der Waals surface area contributed by atoms with Gasteiger partial charge in [-0.25, -0.2) is 19.9 Å². The highest BCUT2D eigenvalue weighted by molar-refractivity contribution is 7.21. The smallest absolute Gasteiger partial charge is 0.223 e.